The van der Waals surface area contributed by atoms with Crippen LogP contribution >= 0.6 is 11.6 Å². The van der Waals surface area contributed by atoms with E-state index >= 15 is 0 Å². The topological polar surface area (TPSA) is 18.5 Å². The van der Waals surface area contributed by atoms with E-state index in [0.717, 1.165) is 18.8 Å². The van der Waals surface area contributed by atoms with Gasteiger partial charge in [0.1, 0.15) is 0 Å². The van der Waals surface area contributed by atoms with Gasteiger partial charge in [-0.15, -0.1) is 11.6 Å². The van der Waals surface area contributed by atoms with Crippen LogP contribution in [0.15, 0.2) is 0 Å². The van der Waals surface area contributed by atoms with E-state index in [2.05, 4.69) is 6.92 Å². The molecule has 3 heteroatoms. The standard InChI is InChI=1S/C9H15ClO2/c1-7-2-3-9(4-7)11-6-8(5-10)12-9/h7-8H,2-6H2,1H3. The molecule has 3 unspecified atom stereocenters. The number of rotatable bonds is 1. The molecule has 2 fully saturated rings. The molecule has 0 N–H and O–H groups in total. The molecule has 2 aliphatic rings. The largest absolute Gasteiger partial charge is 0.347 e. The molecule has 1 heterocycles. The molecule has 0 bridgehead atoms. The van der Waals surface area contributed by atoms with Crippen molar-refractivity contribution in [1.82, 2.24) is 0 Å². The zero-order valence-corrected chi connectivity index (χ0v) is 8.14. The van der Waals surface area contributed by atoms with Crippen molar-refractivity contribution in [3.63, 3.8) is 0 Å². The molecule has 0 aromatic heterocycles. The normalized spacial score (nSPS) is 47.5. The van der Waals surface area contributed by atoms with E-state index < -0.39 is 0 Å². The summed E-state index contributed by atoms with van der Waals surface area (Å²) in [6, 6.07) is 0. The summed E-state index contributed by atoms with van der Waals surface area (Å²) in [6.45, 7) is 2.92. The van der Waals surface area contributed by atoms with Crippen LogP contribution in [0.5, 0.6) is 0 Å². The SMILES string of the molecule is CC1CCC2(C1)OCC(CCl)O2. The number of alkyl halides is 1. The van der Waals surface area contributed by atoms with Gasteiger partial charge in [-0.05, 0) is 12.3 Å². The number of halogens is 1. The van der Waals surface area contributed by atoms with E-state index in [1.807, 2.05) is 0 Å². The molecule has 70 valence electrons. The third-order valence-electron chi connectivity index (χ3n) is 2.76. The van der Waals surface area contributed by atoms with Crippen LogP contribution in [0.4, 0.5) is 0 Å². The molecule has 12 heavy (non-hydrogen) atoms. The van der Waals surface area contributed by atoms with Gasteiger partial charge in [0.05, 0.1) is 18.6 Å². The Bertz CT molecular complexity index is 174. The van der Waals surface area contributed by atoms with Gasteiger partial charge < -0.3 is 9.47 Å². The van der Waals surface area contributed by atoms with Crippen LogP contribution in [-0.4, -0.2) is 24.4 Å². The summed E-state index contributed by atoms with van der Waals surface area (Å²) in [4.78, 5) is 0. The minimum Gasteiger partial charge on any atom is -0.347 e. The quantitative estimate of drug-likeness (QED) is 0.590. The summed E-state index contributed by atoms with van der Waals surface area (Å²) in [6.07, 6.45) is 3.42. The van der Waals surface area contributed by atoms with Gasteiger partial charge in [0.2, 0.25) is 0 Å². The van der Waals surface area contributed by atoms with Gasteiger partial charge in [-0.25, -0.2) is 0 Å². The molecule has 1 saturated carbocycles. The van der Waals surface area contributed by atoms with Crippen LogP contribution in [0.3, 0.4) is 0 Å². The second-order valence-corrected chi connectivity index (χ2v) is 4.27. The molecular weight excluding hydrogens is 176 g/mol. The average Bonchev–Trinajstić information content (AvgIpc) is 2.61. The molecule has 2 nitrogen and oxygen atoms in total. The zero-order valence-electron chi connectivity index (χ0n) is 7.38. The predicted octanol–water partition coefficient (Wildman–Crippen LogP) is 2.16. The van der Waals surface area contributed by atoms with Crippen molar-refractivity contribution in [1.29, 1.82) is 0 Å². The van der Waals surface area contributed by atoms with Gasteiger partial charge in [-0.3, -0.25) is 0 Å². The third kappa shape index (κ3) is 1.48. The first-order valence-corrected chi connectivity index (χ1v) is 5.15. The number of hydrogen-bond donors (Lipinski definition) is 0. The molecule has 3 atom stereocenters. The van der Waals surface area contributed by atoms with E-state index in [1.165, 1.54) is 6.42 Å². The summed E-state index contributed by atoms with van der Waals surface area (Å²) >= 11 is 5.70. The van der Waals surface area contributed by atoms with Gasteiger partial charge in [-0.2, -0.15) is 0 Å². The van der Waals surface area contributed by atoms with Crippen LogP contribution in [-0.2, 0) is 9.47 Å². The van der Waals surface area contributed by atoms with E-state index in [9.17, 15) is 0 Å². The fourth-order valence-corrected chi connectivity index (χ4v) is 2.28. The highest BCUT2D eigenvalue weighted by atomic mass is 35.5. The predicted molar refractivity (Wildman–Crippen MR) is 47.3 cm³/mol. The van der Waals surface area contributed by atoms with Gasteiger partial charge in [0.25, 0.3) is 0 Å². The van der Waals surface area contributed by atoms with Crippen molar-refractivity contribution in [2.45, 2.75) is 38.1 Å². The third-order valence-corrected chi connectivity index (χ3v) is 3.11. The van der Waals surface area contributed by atoms with Gasteiger partial charge in [0.15, 0.2) is 5.79 Å². The summed E-state index contributed by atoms with van der Waals surface area (Å²) in [7, 11) is 0. The Morgan fingerprint density at radius 1 is 1.58 bits per heavy atom. The highest BCUT2D eigenvalue weighted by Crippen LogP contribution is 2.42. The minimum absolute atomic E-state index is 0.122. The van der Waals surface area contributed by atoms with E-state index in [-0.39, 0.29) is 11.9 Å². The summed E-state index contributed by atoms with van der Waals surface area (Å²) in [5, 5.41) is 0. The zero-order chi connectivity index (χ0) is 8.60. The fourth-order valence-electron chi connectivity index (χ4n) is 2.13. The lowest BCUT2D eigenvalue weighted by molar-refractivity contribution is -0.161. The Labute approximate surface area is 78.2 Å². The molecule has 0 amide bonds. The first-order valence-electron chi connectivity index (χ1n) is 4.62. The first kappa shape index (κ1) is 8.79. The van der Waals surface area contributed by atoms with Crippen LogP contribution in [0, 0.1) is 5.92 Å². The van der Waals surface area contributed by atoms with Crippen molar-refractivity contribution in [3.05, 3.63) is 0 Å². The number of ether oxygens (including phenoxy) is 2. The fraction of sp³-hybridized carbons (Fsp3) is 1.00. The lowest BCUT2D eigenvalue weighted by Crippen LogP contribution is -2.27. The monoisotopic (exact) mass is 190 g/mol. The number of hydrogen-bond acceptors (Lipinski definition) is 2. The lowest BCUT2D eigenvalue weighted by atomic mass is 10.1. The second kappa shape index (κ2) is 3.17. The van der Waals surface area contributed by atoms with Gasteiger partial charge in [0, 0.05) is 12.8 Å². The van der Waals surface area contributed by atoms with Crippen molar-refractivity contribution >= 4 is 11.6 Å². The Morgan fingerprint density at radius 2 is 2.42 bits per heavy atom. The summed E-state index contributed by atoms with van der Waals surface area (Å²) in [5.74, 6) is 1.04. The van der Waals surface area contributed by atoms with Gasteiger partial charge in [-0.1, -0.05) is 6.92 Å². The highest BCUT2D eigenvalue weighted by molar-refractivity contribution is 6.18. The Balaban J connectivity index is 1.97. The second-order valence-electron chi connectivity index (χ2n) is 3.96. The van der Waals surface area contributed by atoms with E-state index in [0.29, 0.717) is 12.5 Å². The Kier molecular flexibility index (Phi) is 2.32. The first-order chi connectivity index (χ1) is 5.74. The van der Waals surface area contributed by atoms with Crippen LogP contribution < -0.4 is 0 Å². The van der Waals surface area contributed by atoms with Crippen molar-refractivity contribution in [2.24, 2.45) is 5.92 Å². The van der Waals surface area contributed by atoms with Crippen LogP contribution in [0.1, 0.15) is 26.2 Å². The summed E-state index contributed by atoms with van der Waals surface area (Å²) < 4.78 is 11.4. The lowest BCUT2D eigenvalue weighted by Gasteiger charge is -2.21. The molecular formula is C9H15ClO2. The molecule has 0 aromatic carbocycles. The molecule has 1 aliphatic carbocycles. The maximum absolute atomic E-state index is 5.78. The van der Waals surface area contributed by atoms with Crippen LogP contribution in [0.2, 0.25) is 0 Å². The Morgan fingerprint density at radius 3 is 2.92 bits per heavy atom. The molecule has 1 aliphatic heterocycles. The smallest absolute Gasteiger partial charge is 0.169 e. The van der Waals surface area contributed by atoms with Crippen molar-refractivity contribution < 1.29 is 9.47 Å². The van der Waals surface area contributed by atoms with Crippen LogP contribution in [0.25, 0.3) is 0 Å². The van der Waals surface area contributed by atoms with Crippen molar-refractivity contribution in [3.8, 4) is 0 Å². The van der Waals surface area contributed by atoms with E-state index in [4.69, 9.17) is 21.1 Å². The molecule has 2 rings (SSSR count). The Hall–Kier alpha value is 0.210. The maximum atomic E-state index is 5.78. The minimum atomic E-state index is -0.251. The highest BCUT2D eigenvalue weighted by Gasteiger charge is 2.45. The maximum Gasteiger partial charge on any atom is 0.169 e. The molecule has 1 spiro atoms. The van der Waals surface area contributed by atoms with Crippen molar-refractivity contribution in [2.75, 3.05) is 12.5 Å². The molecule has 0 radical (unpaired) electrons. The molecule has 0 aromatic rings. The molecule has 1 saturated heterocycles. The van der Waals surface area contributed by atoms with E-state index in [1.54, 1.807) is 0 Å². The summed E-state index contributed by atoms with van der Waals surface area (Å²) in [5.41, 5.74) is 0. The average molecular weight is 191 g/mol. The van der Waals surface area contributed by atoms with Gasteiger partial charge >= 0.3 is 0 Å².